The molecule has 1 unspecified atom stereocenters. The van der Waals surface area contributed by atoms with Gasteiger partial charge in [0, 0.05) is 12.5 Å². The summed E-state index contributed by atoms with van der Waals surface area (Å²) in [5, 5.41) is 9.35. The van der Waals surface area contributed by atoms with Crippen molar-refractivity contribution >= 4 is 0 Å². The van der Waals surface area contributed by atoms with Crippen LogP contribution in [0.15, 0.2) is 18.2 Å². The van der Waals surface area contributed by atoms with E-state index in [1.54, 1.807) is 7.11 Å². The van der Waals surface area contributed by atoms with Gasteiger partial charge in [-0.3, -0.25) is 0 Å². The van der Waals surface area contributed by atoms with Crippen molar-refractivity contribution in [2.45, 2.75) is 57.8 Å². The first kappa shape index (κ1) is 18.3. The van der Waals surface area contributed by atoms with Crippen LogP contribution in [0.4, 0.5) is 0 Å². The van der Waals surface area contributed by atoms with Gasteiger partial charge < -0.3 is 15.6 Å². The summed E-state index contributed by atoms with van der Waals surface area (Å²) in [6.07, 6.45) is 4.52. The minimum absolute atomic E-state index is 0.120. The topological polar surface area (TPSA) is 55.5 Å². The molecule has 0 aromatic heterocycles. The van der Waals surface area contributed by atoms with E-state index >= 15 is 0 Å². The van der Waals surface area contributed by atoms with Crippen LogP contribution in [0.3, 0.4) is 0 Å². The third-order valence-electron chi connectivity index (χ3n) is 5.47. The highest BCUT2D eigenvalue weighted by molar-refractivity contribution is 5.42. The van der Waals surface area contributed by atoms with Gasteiger partial charge >= 0.3 is 0 Å². The number of aliphatic hydroxyl groups excluding tert-OH is 1. The van der Waals surface area contributed by atoms with Gasteiger partial charge in [-0.05, 0) is 66.7 Å². The smallest absolute Gasteiger partial charge is 0.122 e. The summed E-state index contributed by atoms with van der Waals surface area (Å²) in [6, 6.07) is 6.56. The molecule has 1 atom stereocenters. The SMILES string of the molecule is COc1ccc(C(C)(C)C)cc1C(CN)C1CCC(CO)CC1. The van der Waals surface area contributed by atoms with Crippen LogP contribution >= 0.6 is 0 Å². The lowest BCUT2D eigenvalue weighted by Gasteiger charge is -2.34. The van der Waals surface area contributed by atoms with Crippen molar-refractivity contribution in [2.24, 2.45) is 17.6 Å². The second-order valence-corrected chi connectivity index (χ2v) is 8.01. The first-order chi connectivity index (χ1) is 10.9. The van der Waals surface area contributed by atoms with E-state index in [0.717, 1.165) is 31.4 Å². The minimum Gasteiger partial charge on any atom is -0.496 e. The maximum absolute atomic E-state index is 9.35. The molecule has 0 amide bonds. The lowest BCUT2D eigenvalue weighted by atomic mass is 9.72. The standard InChI is InChI=1S/C20H33NO2/c1-20(2,3)16-9-10-19(23-4)17(11-16)18(12-21)15-7-5-14(13-22)6-8-15/h9-11,14-15,18,22H,5-8,12-13,21H2,1-4H3. The summed E-state index contributed by atoms with van der Waals surface area (Å²) in [7, 11) is 1.74. The summed E-state index contributed by atoms with van der Waals surface area (Å²) in [5.41, 5.74) is 8.89. The van der Waals surface area contributed by atoms with Gasteiger partial charge in [-0.1, -0.05) is 32.9 Å². The Bertz CT molecular complexity index is 499. The molecule has 1 fully saturated rings. The average molecular weight is 319 g/mol. The van der Waals surface area contributed by atoms with Crippen molar-refractivity contribution in [3.8, 4) is 5.75 Å². The molecule has 1 aliphatic rings. The maximum Gasteiger partial charge on any atom is 0.122 e. The van der Waals surface area contributed by atoms with E-state index in [0.29, 0.717) is 30.9 Å². The van der Waals surface area contributed by atoms with Crippen LogP contribution < -0.4 is 10.5 Å². The fourth-order valence-electron chi connectivity index (χ4n) is 3.84. The van der Waals surface area contributed by atoms with Gasteiger partial charge in [0.05, 0.1) is 7.11 Å². The van der Waals surface area contributed by atoms with E-state index in [2.05, 4.69) is 39.0 Å². The number of benzene rings is 1. The summed E-state index contributed by atoms with van der Waals surface area (Å²) in [6.45, 7) is 7.69. The Labute approximate surface area is 141 Å². The molecule has 0 heterocycles. The van der Waals surface area contributed by atoms with Gasteiger partial charge in [0.2, 0.25) is 0 Å². The molecule has 130 valence electrons. The number of hydrogen-bond acceptors (Lipinski definition) is 3. The predicted molar refractivity (Wildman–Crippen MR) is 96.0 cm³/mol. The number of hydrogen-bond donors (Lipinski definition) is 2. The Morgan fingerprint density at radius 1 is 1.22 bits per heavy atom. The van der Waals surface area contributed by atoms with Crippen molar-refractivity contribution in [1.29, 1.82) is 0 Å². The molecule has 0 radical (unpaired) electrons. The molecule has 0 spiro atoms. The third-order valence-corrected chi connectivity index (χ3v) is 5.47. The van der Waals surface area contributed by atoms with Crippen LogP contribution in [0, 0.1) is 11.8 Å². The quantitative estimate of drug-likeness (QED) is 0.867. The Morgan fingerprint density at radius 2 is 1.87 bits per heavy atom. The monoisotopic (exact) mass is 319 g/mol. The number of rotatable bonds is 5. The summed E-state index contributed by atoms with van der Waals surface area (Å²) >= 11 is 0. The van der Waals surface area contributed by atoms with Crippen molar-refractivity contribution in [2.75, 3.05) is 20.3 Å². The molecule has 1 aliphatic carbocycles. The zero-order valence-corrected chi connectivity index (χ0v) is 15.1. The Kier molecular flexibility index (Phi) is 6.10. The largest absolute Gasteiger partial charge is 0.496 e. The number of aliphatic hydroxyl groups is 1. The van der Waals surface area contributed by atoms with Crippen molar-refractivity contribution in [1.82, 2.24) is 0 Å². The molecule has 0 aliphatic heterocycles. The van der Waals surface area contributed by atoms with Gasteiger partial charge in [0.15, 0.2) is 0 Å². The molecule has 0 saturated heterocycles. The Morgan fingerprint density at radius 3 is 2.35 bits per heavy atom. The number of nitrogens with two attached hydrogens (primary N) is 1. The normalized spacial score (nSPS) is 23.6. The molecule has 3 N–H and O–H groups in total. The zero-order valence-electron chi connectivity index (χ0n) is 15.1. The molecule has 3 nitrogen and oxygen atoms in total. The highest BCUT2D eigenvalue weighted by Gasteiger charge is 2.30. The zero-order chi connectivity index (χ0) is 17.0. The lowest BCUT2D eigenvalue weighted by Crippen LogP contribution is -2.27. The van der Waals surface area contributed by atoms with Gasteiger partial charge in [-0.15, -0.1) is 0 Å². The second kappa shape index (κ2) is 7.67. The van der Waals surface area contributed by atoms with E-state index in [-0.39, 0.29) is 5.41 Å². The number of methoxy groups -OCH3 is 1. The Balaban J connectivity index is 2.29. The van der Waals surface area contributed by atoms with Crippen LogP contribution in [0.5, 0.6) is 5.75 Å². The molecule has 3 heteroatoms. The van der Waals surface area contributed by atoms with Crippen LogP contribution in [-0.4, -0.2) is 25.4 Å². The minimum atomic E-state index is 0.120. The van der Waals surface area contributed by atoms with Crippen molar-refractivity contribution in [3.63, 3.8) is 0 Å². The molecule has 23 heavy (non-hydrogen) atoms. The summed E-state index contributed by atoms with van der Waals surface area (Å²) < 4.78 is 5.63. The highest BCUT2D eigenvalue weighted by atomic mass is 16.5. The van der Waals surface area contributed by atoms with E-state index in [9.17, 15) is 5.11 Å². The second-order valence-electron chi connectivity index (χ2n) is 8.01. The average Bonchev–Trinajstić information content (AvgIpc) is 2.55. The van der Waals surface area contributed by atoms with Gasteiger partial charge in [0.1, 0.15) is 5.75 Å². The first-order valence-electron chi connectivity index (χ1n) is 8.90. The summed E-state index contributed by atoms with van der Waals surface area (Å²) in [4.78, 5) is 0. The first-order valence-corrected chi connectivity index (χ1v) is 8.90. The molecule has 2 rings (SSSR count). The molecule has 1 saturated carbocycles. The van der Waals surface area contributed by atoms with E-state index in [1.165, 1.54) is 11.1 Å². The molecular weight excluding hydrogens is 286 g/mol. The predicted octanol–water partition coefficient (Wildman–Crippen LogP) is 3.83. The van der Waals surface area contributed by atoms with Crippen LogP contribution in [0.2, 0.25) is 0 Å². The van der Waals surface area contributed by atoms with Gasteiger partial charge in [0.25, 0.3) is 0 Å². The fraction of sp³-hybridized carbons (Fsp3) is 0.700. The van der Waals surface area contributed by atoms with Crippen LogP contribution in [-0.2, 0) is 5.41 Å². The Hall–Kier alpha value is -1.06. The van der Waals surface area contributed by atoms with E-state index in [4.69, 9.17) is 10.5 Å². The highest BCUT2D eigenvalue weighted by Crippen LogP contribution is 2.41. The molecule has 0 bridgehead atoms. The van der Waals surface area contributed by atoms with Crippen molar-refractivity contribution in [3.05, 3.63) is 29.3 Å². The molecular formula is C20H33NO2. The summed E-state index contributed by atoms with van der Waals surface area (Å²) in [5.74, 6) is 2.36. The molecule has 1 aromatic carbocycles. The van der Waals surface area contributed by atoms with Crippen molar-refractivity contribution < 1.29 is 9.84 Å². The third kappa shape index (κ3) is 4.27. The van der Waals surface area contributed by atoms with Crippen LogP contribution in [0.1, 0.15) is 63.5 Å². The van der Waals surface area contributed by atoms with Gasteiger partial charge in [-0.2, -0.15) is 0 Å². The van der Waals surface area contributed by atoms with Gasteiger partial charge in [-0.25, -0.2) is 0 Å². The number of ether oxygens (including phenoxy) is 1. The lowest BCUT2D eigenvalue weighted by molar-refractivity contribution is 0.157. The van der Waals surface area contributed by atoms with E-state index < -0.39 is 0 Å². The van der Waals surface area contributed by atoms with Crippen LogP contribution in [0.25, 0.3) is 0 Å². The van der Waals surface area contributed by atoms with E-state index in [1.807, 2.05) is 0 Å². The molecule has 1 aromatic rings. The maximum atomic E-state index is 9.35. The fourth-order valence-corrected chi connectivity index (χ4v) is 3.84.